The Hall–Kier alpha value is -1.84. The first-order valence-corrected chi connectivity index (χ1v) is 9.37. The number of aromatic nitrogens is 1. The third-order valence-corrected chi connectivity index (χ3v) is 5.40. The molecule has 25 heavy (non-hydrogen) atoms. The zero-order valence-electron chi connectivity index (χ0n) is 15.7. The summed E-state index contributed by atoms with van der Waals surface area (Å²) in [5.41, 5.74) is 2.54. The van der Waals surface area contributed by atoms with Gasteiger partial charge in [0, 0.05) is 17.8 Å². The maximum atomic E-state index is 9.75. The van der Waals surface area contributed by atoms with Gasteiger partial charge in [0.2, 0.25) is 0 Å². The van der Waals surface area contributed by atoms with E-state index in [1.807, 2.05) is 13.0 Å². The third kappa shape index (κ3) is 4.62. The molecule has 0 atom stereocenters. The Balaban J connectivity index is 1.75. The largest absolute Gasteiger partial charge is 0.381 e. The van der Waals surface area contributed by atoms with Gasteiger partial charge in [0.15, 0.2) is 0 Å². The van der Waals surface area contributed by atoms with E-state index in [1.165, 1.54) is 0 Å². The summed E-state index contributed by atoms with van der Waals surface area (Å²) in [4.78, 5) is 9.33. The van der Waals surface area contributed by atoms with Crippen LogP contribution in [0.15, 0.2) is 6.07 Å². The van der Waals surface area contributed by atoms with Gasteiger partial charge < -0.3 is 20.4 Å². The number of nitriles is 1. The lowest BCUT2D eigenvalue weighted by Gasteiger charge is -2.31. The standard InChI is InChI=1S/C19H30N6/c1-14-12-18(22-15-4-8-24(2)9-5-15)17(13-20)19(21-14)23-16-6-10-25(3)11-7-16/h12,15-16H,4-11H2,1-3H3,(H2,21,22,23). The number of pyridine rings is 1. The molecule has 6 heteroatoms. The van der Waals surface area contributed by atoms with Crippen LogP contribution >= 0.6 is 0 Å². The van der Waals surface area contributed by atoms with Crippen LogP contribution in [-0.4, -0.2) is 67.1 Å². The van der Waals surface area contributed by atoms with E-state index in [9.17, 15) is 5.26 Å². The molecule has 0 radical (unpaired) electrons. The summed E-state index contributed by atoms with van der Waals surface area (Å²) >= 11 is 0. The fourth-order valence-corrected chi connectivity index (χ4v) is 3.72. The van der Waals surface area contributed by atoms with E-state index < -0.39 is 0 Å². The molecule has 2 aliphatic heterocycles. The second-order valence-corrected chi connectivity index (χ2v) is 7.59. The van der Waals surface area contributed by atoms with Gasteiger partial charge in [-0.05, 0) is 78.9 Å². The summed E-state index contributed by atoms with van der Waals surface area (Å²) in [6, 6.07) is 5.22. The first kappa shape index (κ1) is 18.0. The van der Waals surface area contributed by atoms with Crippen LogP contribution in [0.2, 0.25) is 0 Å². The molecule has 1 aromatic heterocycles. The van der Waals surface area contributed by atoms with Crippen molar-refractivity contribution in [3.05, 3.63) is 17.3 Å². The summed E-state index contributed by atoms with van der Waals surface area (Å²) < 4.78 is 0. The molecule has 6 nitrogen and oxygen atoms in total. The number of hydrogen-bond donors (Lipinski definition) is 2. The number of anilines is 2. The molecular formula is C19H30N6. The second kappa shape index (κ2) is 8.03. The van der Waals surface area contributed by atoms with E-state index in [0.29, 0.717) is 17.6 Å². The molecule has 2 N–H and O–H groups in total. The van der Waals surface area contributed by atoms with Crippen LogP contribution in [-0.2, 0) is 0 Å². The zero-order valence-corrected chi connectivity index (χ0v) is 15.7. The maximum Gasteiger partial charge on any atom is 0.146 e. The van der Waals surface area contributed by atoms with Crippen LogP contribution < -0.4 is 10.6 Å². The smallest absolute Gasteiger partial charge is 0.146 e. The maximum absolute atomic E-state index is 9.75. The Morgan fingerprint density at radius 2 is 1.52 bits per heavy atom. The van der Waals surface area contributed by atoms with Crippen molar-refractivity contribution < 1.29 is 0 Å². The lowest BCUT2D eigenvalue weighted by molar-refractivity contribution is 0.263. The molecule has 0 aliphatic carbocycles. The van der Waals surface area contributed by atoms with Crippen LogP contribution in [0.1, 0.15) is 36.9 Å². The second-order valence-electron chi connectivity index (χ2n) is 7.59. The van der Waals surface area contributed by atoms with E-state index in [-0.39, 0.29) is 0 Å². The number of hydrogen-bond acceptors (Lipinski definition) is 6. The first-order valence-electron chi connectivity index (χ1n) is 9.37. The fourth-order valence-electron chi connectivity index (χ4n) is 3.72. The fraction of sp³-hybridized carbons (Fsp3) is 0.684. The number of nitrogens with zero attached hydrogens (tertiary/aromatic N) is 4. The SMILES string of the molecule is Cc1cc(NC2CCN(C)CC2)c(C#N)c(NC2CCN(C)CC2)n1. The molecular weight excluding hydrogens is 312 g/mol. The Morgan fingerprint density at radius 1 is 1.00 bits per heavy atom. The molecule has 2 aliphatic rings. The van der Waals surface area contributed by atoms with Crippen molar-refractivity contribution in [1.82, 2.24) is 14.8 Å². The van der Waals surface area contributed by atoms with Crippen molar-refractivity contribution in [2.45, 2.75) is 44.7 Å². The predicted octanol–water partition coefficient (Wildman–Crippen LogP) is 2.27. The molecule has 3 heterocycles. The van der Waals surface area contributed by atoms with Crippen molar-refractivity contribution in [3.63, 3.8) is 0 Å². The molecule has 2 saturated heterocycles. The quantitative estimate of drug-likeness (QED) is 0.875. The van der Waals surface area contributed by atoms with Gasteiger partial charge in [0.25, 0.3) is 0 Å². The Kier molecular flexibility index (Phi) is 5.77. The number of nitrogens with one attached hydrogen (secondary N) is 2. The summed E-state index contributed by atoms with van der Waals surface area (Å²) in [5.74, 6) is 0.743. The molecule has 0 bridgehead atoms. The Labute approximate surface area is 151 Å². The van der Waals surface area contributed by atoms with Gasteiger partial charge in [0.05, 0.1) is 5.69 Å². The van der Waals surface area contributed by atoms with Crippen molar-refractivity contribution in [2.24, 2.45) is 0 Å². The predicted molar refractivity (Wildman–Crippen MR) is 102 cm³/mol. The van der Waals surface area contributed by atoms with Crippen molar-refractivity contribution >= 4 is 11.5 Å². The summed E-state index contributed by atoms with van der Waals surface area (Å²) in [6.07, 6.45) is 4.41. The number of piperidine rings is 2. The average Bonchev–Trinajstić information content (AvgIpc) is 2.59. The number of aryl methyl sites for hydroxylation is 1. The lowest BCUT2D eigenvalue weighted by atomic mass is 10.0. The topological polar surface area (TPSA) is 67.2 Å². The monoisotopic (exact) mass is 342 g/mol. The van der Waals surface area contributed by atoms with E-state index in [2.05, 4.69) is 45.6 Å². The van der Waals surface area contributed by atoms with E-state index in [1.54, 1.807) is 0 Å². The van der Waals surface area contributed by atoms with Gasteiger partial charge >= 0.3 is 0 Å². The minimum atomic E-state index is 0.397. The highest BCUT2D eigenvalue weighted by Crippen LogP contribution is 2.27. The van der Waals surface area contributed by atoms with Gasteiger partial charge in [-0.15, -0.1) is 0 Å². The molecule has 0 spiro atoms. The highest BCUT2D eigenvalue weighted by Gasteiger charge is 2.22. The van der Waals surface area contributed by atoms with Crippen molar-refractivity contribution in [2.75, 3.05) is 50.9 Å². The first-order chi connectivity index (χ1) is 12.0. The Bertz CT molecular complexity index is 576. The molecule has 2 fully saturated rings. The minimum Gasteiger partial charge on any atom is -0.381 e. The van der Waals surface area contributed by atoms with Crippen molar-refractivity contribution in [1.29, 1.82) is 5.26 Å². The third-order valence-electron chi connectivity index (χ3n) is 5.40. The van der Waals surface area contributed by atoms with E-state index in [0.717, 1.165) is 69.1 Å². The van der Waals surface area contributed by atoms with E-state index in [4.69, 9.17) is 0 Å². The lowest BCUT2D eigenvalue weighted by Crippen LogP contribution is -2.37. The average molecular weight is 342 g/mol. The summed E-state index contributed by atoms with van der Waals surface area (Å²) in [5, 5.41) is 16.9. The van der Waals surface area contributed by atoms with Gasteiger partial charge in [-0.2, -0.15) is 5.26 Å². The molecule has 0 saturated carbocycles. The van der Waals surface area contributed by atoms with Gasteiger partial charge in [-0.25, -0.2) is 4.98 Å². The normalized spacial score (nSPS) is 21.0. The molecule has 1 aromatic rings. The molecule has 136 valence electrons. The Morgan fingerprint density at radius 3 is 2.04 bits per heavy atom. The van der Waals surface area contributed by atoms with Crippen LogP contribution in [0.3, 0.4) is 0 Å². The van der Waals surface area contributed by atoms with Crippen LogP contribution in [0.4, 0.5) is 11.5 Å². The van der Waals surface area contributed by atoms with Gasteiger partial charge in [0.1, 0.15) is 17.5 Å². The van der Waals surface area contributed by atoms with Crippen LogP contribution in [0.25, 0.3) is 0 Å². The highest BCUT2D eigenvalue weighted by atomic mass is 15.1. The zero-order chi connectivity index (χ0) is 17.8. The van der Waals surface area contributed by atoms with Crippen LogP contribution in [0.5, 0.6) is 0 Å². The van der Waals surface area contributed by atoms with Gasteiger partial charge in [-0.3, -0.25) is 0 Å². The highest BCUT2D eigenvalue weighted by molar-refractivity contribution is 5.69. The molecule has 0 aromatic carbocycles. The molecule has 3 rings (SSSR count). The summed E-state index contributed by atoms with van der Waals surface area (Å²) in [6.45, 7) is 6.38. The van der Waals surface area contributed by atoms with Crippen molar-refractivity contribution in [3.8, 4) is 6.07 Å². The van der Waals surface area contributed by atoms with E-state index >= 15 is 0 Å². The number of rotatable bonds is 4. The number of likely N-dealkylation sites (tertiary alicyclic amines) is 2. The minimum absolute atomic E-state index is 0.397. The molecule has 0 amide bonds. The molecule has 0 unspecified atom stereocenters. The van der Waals surface area contributed by atoms with Gasteiger partial charge in [-0.1, -0.05) is 0 Å². The summed E-state index contributed by atoms with van der Waals surface area (Å²) in [7, 11) is 4.32. The van der Waals surface area contributed by atoms with Crippen LogP contribution in [0, 0.1) is 18.3 Å².